The van der Waals surface area contributed by atoms with Crippen molar-refractivity contribution in [3.63, 3.8) is 0 Å². The molecule has 0 spiro atoms. The van der Waals surface area contributed by atoms with Gasteiger partial charge >= 0.3 is 5.97 Å². The van der Waals surface area contributed by atoms with Crippen LogP contribution in [0, 0.1) is 18.2 Å². The van der Waals surface area contributed by atoms with Crippen molar-refractivity contribution in [2.75, 3.05) is 28.9 Å². The number of amides is 4. The van der Waals surface area contributed by atoms with Crippen molar-refractivity contribution in [3.05, 3.63) is 124 Å². The molecular weight excluding hydrogens is 1040 g/mol. The molecule has 4 atom stereocenters. The van der Waals surface area contributed by atoms with E-state index in [-0.39, 0.29) is 90.0 Å². The first-order valence-electron chi connectivity index (χ1n) is 25.5. The highest BCUT2D eigenvalue weighted by Gasteiger charge is 2.44. The van der Waals surface area contributed by atoms with Crippen LogP contribution in [-0.4, -0.2) is 105 Å². The Labute approximate surface area is 456 Å². The summed E-state index contributed by atoms with van der Waals surface area (Å²) in [6, 6.07) is 19.1. The first-order chi connectivity index (χ1) is 37.1. The second-order valence-corrected chi connectivity index (χ2v) is 22.9. The number of aromatic amines is 1. The Morgan fingerprint density at radius 3 is 2.33 bits per heavy atom. The van der Waals surface area contributed by atoms with Crippen molar-refractivity contribution < 1.29 is 51.4 Å². The Bertz CT molecular complexity index is 3200. The molecule has 78 heavy (non-hydrogen) atoms. The number of H-pyrrole nitrogens is 1. The van der Waals surface area contributed by atoms with Crippen LogP contribution in [0.3, 0.4) is 0 Å². The van der Waals surface area contributed by atoms with Gasteiger partial charge in [0.2, 0.25) is 27.7 Å². The number of anilines is 3. The smallest absolute Gasteiger partial charge is 0.339 e. The van der Waals surface area contributed by atoms with Gasteiger partial charge in [0.15, 0.2) is 0 Å². The van der Waals surface area contributed by atoms with Crippen LogP contribution in [0.15, 0.2) is 90.6 Å². The van der Waals surface area contributed by atoms with Gasteiger partial charge < -0.3 is 41.2 Å². The average Bonchev–Trinajstić information content (AvgIpc) is 4.25. The number of hydrogen-bond donors (Lipinski definition) is 7. The molecule has 1 saturated heterocycles. The number of β-amino-alcohol motifs (C(OH)–C–C–N with tert-alkyl or cyclic N) is 1. The first kappa shape index (κ1) is 57.9. The number of carbonyl (C=O) groups is 5. The second-order valence-electron chi connectivity index (χ2n) is 20.0. The maximum absolute atomic E-state index is 14.1. The van der Waals surface area contributed by atoms with E-state index in [1.165, 1.54) is 54.4 Å². The number of halogens is 1. The van der Waals surface area contributed by atoms with Gasteiger partial charge in [0, 0.05) is 37.7 Å². The number of nitrogens with one attached hydrogen (secondary N) is 5. The number of primary amides is 1. The van der Waals surface area contributed by atoms with Gasteiger partial charge in [-0.05, 0) is 92.1 Å². The number of nitrogens with two attached hydrogens (primary N) is 1. The van der Waals surface area contributed by atoms with Crippen molar-refractivity contribution in [2.24, 2.45) is 11.1 Å². The zero-order valence-electron chi connectivity index (χ0n) is 44.2. The lowest BCUT2D eigenvalue weighted by molar-refractivity contribution is -0.144. The maximum atomic E-state index is 14.1. The minimum atomic E-state index is -3.73. The monoisotopic (exact) mass is 1110 g/mol. The number of hydrogen-bond acceptors (Lipinski definition) is 15. The Kier molecular flexibility index (Phi) is 19.0. The van der Waals surface area contributed by atoms with Gasteiger partial charge in [-0.3, -0.25) is 29.0 Å². The molecule has 3 aromatic heterocycles. The van der Waals surface area contributed by atoms with Gasteiger partial charge in [0.05, 0.1) is 45.8 Å². The molecule has 7 rings (SSSR count). The summed E-state index contributed by atoms with van der Waals surface area (Å²) in [7, 11) is -3.73. The number of aliphatic hydroxyl groups is 1. The molecule has 1 aliphatic heterocycles. The number of ether oxygens (including phenoxy) is 2. The third kappa shape index (κ3) is 15.0. The molecule has 414 valence electrons. The van der Waals surface area contributed by atoms with E-state index in [4.69, 9.17) is 15.2 Å². The molecule has 4 heterocycles. The molecule has 20 nitrogen and oxygen atoms in total. The van der Waals surface area contributed by atoms with E-state index in [0.29, 0.717) is 36.8 Å². The molecule has 1 aliphatic rings. The van der Waals surface area contributed by atoms with Crippen LogP contribution in [0.4, 0.5) is 21.7 Å². The van der Waals surface area contributed by atoms with Gasteiger partial charge in [0.1, 0.15) is 52.6 Å². The van der Waals surface area contributed by atoms with E-state index >= 15 is 0 Å². The fraction of sp³-hybridized carbons (Fsp3) is 0.382. The maximum Gasteiger partial charge on any atom is 0.339 e. The fourth-order valence-electron chi connectivity index (χ4n) is 8.68. The third-order valence-corrected chi connectivity index (χ3v) is 15.3. The number of aromatic nitrogens is 4. The zero-order chi connectivity index (χ0) is 56.3. The number of pyridine rings is 1. The molecule has 8 N–H and O–H groups in total. The number of unbranched alkanes of at least 4 members (excludes halogenated alkanes) is 3. The number of esters is 1. The van der Waals surface area contributed by atoms with E-state index in [2.05, 4.69) is 40.8 Å². The first-order valence-corrected chi connectivity index (χ1v) is 28.0. The summed E-state index contributed by atoms with van der Waals surface area (Å²) in [5, 5.41) is 26.4. The number of nitrogens with zero attached hydrogens (tertiary/aromatic N) is 4. The van der Waals surface area contributed by atoms with Crippen LogP contribution in [0.25, 0.3) is 21.7 Å². The predicted molar refractivity (Wildman–Crippen MR) is 294 cm³/mol. The Morgan fingerprint density at radius 2 is 1.68 bits per heavy atom. The van der Waals surface area contributed by atoms with Crippen molar-refractivity contribution in [1.29, 1.82) is 0 Å². The van der Waals surface area contributed by atoms with Crippen LogP contribution in [0.2, 0.25) is 0 Å². The summed E-state index contributed by atoms with van der Waals surface area (Å²) >= 11 is 1.56. The van der Waals surface area contributed by atoms with Crippen LogP contribution in [0.1, 0.15) is 117 Å². The van der Waals surface area contributed by atoms with Crippen molar-refractivity contribution in [3.8, 4) is 27.4 Å². The summed E-state index contributed by atoms with van der Waals surface area (Å²) in [4.78, 5) is 77.6. The second kappa shape index (κ2) is 25.6. The number of rotatable bonds is 24. The van der Waals surface area contributed by atoms with E-state index in [0.717, 1.165) is 21.7 Å². The van der Waals surface area contributed by atoms with Gasteiger partial charge in [-0.1, -0.05) is 76.1 Å². The van der Waals surface area contributed by atoms with Crippen LogP contribution in [0.5, 0.6) is 5.75 Å². The minimum Gasteiger partial charge on any atom is -0.484 e. The standard InChI is InChI=1S/C55H65FN10O10S2/c1-7-78(73,74)65-41-23-19-37(26-43(41)76-33(3)35-17-21-39(56)22-18-35)47-46(50(57)69)51(64-63-47)61-44-24-20-38(29-58-44)54(72)75-25-11-9-8-10-12-45(68)62-49(55(4,5)6)53(71)66-30-40(67)27-42(66)52(70)59-28-34-13-15-36(16-14-34)48-32(2)60-31-77-48/h13-24,26,29,31,33,40,42,49,65,67H,7-12,25,27-28,30H2,1-6H3,(H2,57,69)(H,59,70)(H,62,68)(H2,58,61,63,64)/t33-,40+,42-,49+/m0/s1. The molecule has 3 aromatic carbocycles. The molecule has 1 fully saturated rings. The summed E-state index contributed by atoms with van der Waals surface area (Å²) in [6.07, 6.45) is 2.33. The topological polar surface area (TPSA) is 290 Å². The Hall–Kier alpha value is -7.76. The number of aliphatic hydroxyl groups excluding tert-OH is 1. The molecule has 0 radical (unpaired) electrons. The van der Waals surface area contributed by atoms with Gasteiger partial charge in [-0.15, -0.1) is 11.3 Å². The number of sulfonamides is 1. The largest absolute Gasteiger partial charge is 0.484 e. The summed E-state index contributed by atoms with van der Waals surface area (Å²) in [6.45, 7) is 11.0. The van der Waals surface area contributed by atoms with Gasteiger partial charge in [0.25, 0.3) is 5.91 Å². The predicted octanol–water partition coefficient (Wildman–Crippen LogP) is 7.70. The molecule has 0 aliphatic carbocycles. The molecule has 0 saturated carbocycles. The summed E-state index contributed by atoms with van der Waals surface area (Å²) in [5.74, 6) is -2.81. The number of thiazole rings is 1. The normalized spacial score (nSPS) is 15.3. The van der Waals surface area contributed by atoms with E-state index in [1.807, 2.05) is 52.0 Å². The number of aryl methyl sites for hydroxylation is 1. The number of benzene rings is 3. The molecule has 0 unspecified atom stereocenters. The molecule has 6 aromatic rings. The van der Waals surface area contributed by atoms with Crippen molar-refractivity contribution in [2.45, 2.75) is 111 Å². The highest BCUT2D eigenvalue weighted by molar-refractivity contribution is 7.92. The average molecular weight is 1110 g/mol. The lowest BCUT2D eigenvalue weighted by Crippen LogP contribution is -2.57. The minimum absolute atomic E-state index is 0.0323. The van der Waals surface area contributed by atoms with Crippen LogP contribution < -0.4 is 31.1 Å². The quantitative estimate of drug-likeness (QED) is 0.0226. The van der Waals surface area contributed by atoms with Gasteiger partial charge in [-0.2, -0.15) is 5.10 Å². The lowest BCUT2D eigenvalue weighted by Gasteiger charge is -2.35. The molecule has 4 amide bonds. The van der Waals surface area contributed by atoms with E-state index in [1.54, 1.807) is 42.0 Å². The third-order valence-electron chi connectivity index (χ3n) is 13.1. The Morgan fingerprint density at radius 1 is 0.962 bits per heavy atom. The SMILES string of the molecule is CCS(=O)(=O)Nc1ccc(-c2n[nH]c(Nc3ccc(C(=O)OCCCCCCC(=O)N[C@H](C(=O)N4C[C@H](O)C[C@H]4C(=O)NCc4ccc(-c5scnc5C)cc4)C(C)(C)C)cn3)c2C(N)=O)cc1O[C@@H](C)c1ccc(F)cc1. The lowest BCUT2D eigenvalue weighted by atomic mass is 9.85. The highest BCUT2D eigenvalue weighted by Crippen LogP contribution is 2.37. The molecule has 0 bridgehead atoms. The Balaban J connectivity index is 0.859. The fourth-order valence-corrected chi connectivity index (χ4v) is 10.1. The zero-order valence-corrected chi connectivity index (χ0v) is 45.9. The van der Waals surface area contributed by atoms with Gasteiger partial charge in [-0.25, -0.2) is 27.6 Å². The molecule has 23 heteroatoms. The molecular formula is C55H65FN10O10S2. The summed E-state index contributed by atoms with van der Waals surface area (Å²) in [5.41, 5.74) is 11.1. The van der Waals surface area contributed by atoms with E-state index in [9.17, 15) is 41.9 Å². The van der Waals surface area contributed by atoms with Crippen molar-refractivity contribution >= 4 is 68.3 Å². The number of carbonyl (C=O) groups excluding carboxylic acids is 5. The van der Waals surface area contributed by atoms with Crippen LogP contribution >= 0.6 is 11.3 Å². The number of likely N-dealkylation sites (tertiary alicyclic amines) is 1. The summed E-state index contributed by atoms with van der Waals surface area (Å²) < 4.78 is 52.9. The van der Waals surface area contributed by atoms with Crippen LogP contribution in [-0.2, 0) is 35.7 Å². The van der Waals surface area contributed by atoms with Crippen molar-refractivity contribution in [1.82, 2.24) is 35.7 Å². The highest BCUT2D eigenvalue weighted by atomic mass is 32.2. The van der Waals surface area contributed by atoms with E-state index < -0.39 is 63.3 Å².